The van der Waals surface area contributed by atoms with Crippen LogP contribution in [0.4, 0.5) is 0 Å². The molecule has 0 spiro atoms. The molecule has 0 bridgehead atoms. The van der Waals surface area contributed by atoms with Gasteiger partial charge in [-0.05, 0) is 37.4 Å². The molecule has 3 heterocycles. The monoisotopic (exact) mass is 422 g/mol. The van der Waals surface area contributed by atoms with Crippen LogP contribution in [0.5, 0.6) is 0 Å². The van der Waals surface area contributed by atoms with Crippen LogP contribution >= 0.6 is 0 Å². The molecule has 4 aromatic rings. The largest absolute Gasteiger partial charge is 0.454 e. The average Bonchev–Trinajstić information content (AvgIpc) is 3.43. The van der Waals surface area contributed by atoms with E-state index >= 15 is 0 Å². The number of rotatable bonds is 6. The second-order valence-electron chi connectivity index (χ2n) is 6.93. The fourth-order valence-electron chi connectivity index (χ4n) is 3.34. The minimum absolute atomic E-state index is 0.0849. The SMILES string of the molecule is CCN(CC)Cc1ccc(C(=O)NNC(=O)c2cnn3c2[nH]c(=O)c2ccccc23)o1. The summed E-state index contributed by atoms with van der Waals surface area (Å²) >= 11 is 0. The Balaban J connectivity index is 1.48. The number of nitrogens with zero attached hydrogens (tertiary/aromatic N) is 3. The van der Waals surface area contributed by atoms with Gasteiger partial charge in [-0.3, -0.25) is 30.1 Å². The van der Waals surface area contributed by atoms with Gasteiger partial charge in [0.2, 0.25) is 0 Å². The zero-order valence-electron chi connectivity index (χ0n) is 17.1. The number of hydrogen-bond acceptors (Lipinski definition) is 6. The summed E-state index contributed by atoms with van der Waals surface area (Å²) in [5, 5.41) is 4.65. The first-order chi connectivity index (χ1) is 15.0. The van der Waals surface area contributed by atoms with Crippen LogP contribution < -0.4 is 16.4 Å². The molecule has 0 aliphatic rings. The number of hydrazine groups is 1. The first-order valence-electron chi connectivity index (χ1n) is 9.92. The van der Waals surface area contributed by atoms with E-state index in [1.54, 1.807) is 36.4 Å². The fourth-order valence-corrected chi connectivity index (χ4v) is 3.34. The number of carbonyl (C=O) groups is 2. The van der Waals surface area contributed by atoms with Crippen molar-refractivity contribution in [2.45, 2.75) is 20.4 Å². The van der Waals surface area contributed by atoms with Crippen LogP contribution in [0.15, 0.2) is 51.8 Å². The average molecular weight is 422 g/mol. The number of aromatic amines is 1. The molecule has 0 fully saturated rings. The van der Waals surface area contributed by atoms with E-state index in [2.05, 4.69) is 25.8 Å². The predicted molar refractivity (Wildman–Crippen MR) is 114 cm³/mol. The molecular formula is C21H22N6O4. The molecule has 0 radical (unpaired) electrons. The first kappa shape index (κ1) is 20.4. The number of nitrogens with one attached hydrogen (secondary N) is 3. The maximum atomic E-state index is 12.6. The molecule has 0 aliphatic carbocycles. The highest BCUT2D eigenvalue weighted by atomic mass is 16.4. The summed E-state index contributed by atoms with van der Waals surface area (Å²) in [6, 6.07) is 10.2. The van der Waals surface area contributed by atoms with Crippen LogP contribution in [-0.2, 0) is 6.54 Å². The summed E-state index contributed by atoms with van der Waals surface area (Å²) in [5.41, 5.74) is 5.24. The van der Waals surface area contributed by atoms with E-state index in [1.165, 1.54) is 10.7 Å². The van der Waals surface area contributed by atoms with E-state index in [9.17, 15) is 14.4 Å². The number of para-hydroxylation sites is 1. The lowest BCUT2D eigenvalue weighted by atomic mass is 10.2. The standard InChI is InChI=1S/C21H22N6O4/c1-3-26(4-2)12-13-9-10-17(31-13)21(30)25-24-20(29)15-11-22-27-16-8-6-5-7-14(16)19(28)23-18(15)27/h5-11H,3-4,12H2,1-2H3,(H,23,28)(H,24,29)(H,25,30). The minimum Gasteiger partial charge on any atom is -0.454 e. The molecule has 0 unspecified atom stereocenters. The summed E-state index contributed by atoms with van der Waals surface area (Å²) in [4.78, 5) is 42.1. The number of aromatic nitrogens is 3. The first-order valence-corrected chi connectivity index (χ1v) is 9.92. The number of amides is 2. The summed E-state index contributed by atoms with van der Waals surface area (Å²) < 4.78 is 7.04. The van der Waals surface area contributed by atoms with Gasteiger partial charge in [0, 0.05) is 0 Å². The Hall–Kier alpha value is -3.92. The number of hydrogen-bond donors (Lipinski definition) is 3. The predicted octanol–water partition coefficient (Wildman–Crippen LogP) is 1.69. The highest BCUT2D eigenvalue weighted by Crippen LogP contribution is 2.14. The van der Waals surface area contributed by atoms with Crippen molar-refractivity contribution in [2.75, 3.05) is 13.1 Å². The number of fused-ring (bicyclic) bond motifs is 3. The summed E-state index contributed by atoms with van der Waals surface area (Å²) in [6.07, 6.45) is 1.33. The Labute approximate surface area is 176 Å². The van der Waals surface area contributed by atoms with Gasteiger partial charge in [-0.15, -0.1) is 0 Å². The molecule has 2 amide bonds. The van der Waals surface area contributed by atoms with Gasteiger partial charge in [-0.2, -0.15) is 5.10 Å². The Bertz CT molecular complexity index is 1310. The maximum absolute atomic E-state index is 12.6. The third-order valence-corrected chi connectivity index (χ3v) is 5.07. The molecule has 0 saturated carbocycles. The summed E-state index contributed by atoms with van der Waals surface area (Å²) in [7, 11) is 0. The van der Waals surface area contributed by atoms with E-state index < -0.39 is 11.8 Å². The van der Waals surface area contributed by atoms with Gasteiger partial charge in [-0.1, -0.05) is 26.0 Å². The van der Waals surface area contributed by atoms with Gasteiger partial charge in [0.1, 0.15) is 17.0 Å². The molecule has 3 N–H and O–H groups in total. The number of furan rings is 1. The van der Waals surface area contributed by atoms with Gasteiger partial charge >= 0.3 is 5.91 Å². The lowest BCUT2D eigenvalue weighted by Crippen LogP contribution is -2.41. The van der Waals surface area contributed by atoms with E-state index in [-0.39, 0.29) is 22.5 Å². The zero-order valence-corrected chi connectivity index (χ0v) is 17.1. The summed E-state index contributed by atoms with van der Waals surface area (Å²) in [5.74, 6) is -0.465. The van der Waals surface area contributed by atoms with Gasteiger partial charge in [0.15, 0.2) is 5.76 Å². The topological polar surface area (TPSA) is 125 Å². The van der Waals surface area contributed by atoms with Crippen molar-refractivity contribution in [3.63, 3.8) is 0 Å². The minimum atomic E-state index is -0.621. The normalized spacial score (nSPS) is 11.3. The van der Waals surface area contributed by atoms with Gasteiger partial charge < -0.3 is 9.40 Å². The Morgan fingerprint density at radius 1 is 1.10 bits per heavy atom. The molecule has 0 atom stereocenters. The fraction of sp³-hybridized carbons (Fsp3) is 0.238. The second-order valence-corrected chi connectivity index (χ2v) is 6.93. The number of H-pyrrole nitrogens is 1. The molecule has 4 rings (SSSR count). The van der Waals surface area contributed by atoms with Gasteiger partial charge in [-0.25, -0.2) is 4.52 Å². The molecular weight excluding hydrogens is 400 g/mol. The maximum Gasteiger partial charge on any atom is 0.305 e. The van der Waals surface area contributed by atoms with Crippen LogP contribution in [0.2, 0.25) is 0 Å². The summed E-state index contributed by atoms with van der Waals surface area (Å²) in [6.45, 7) is 6.42. The van der Waals surface area contributed by atoms with E-state index in [1.807, 2.05) is 13.8 Å². The highest BCUT2D eigenvalue weighted by molar-refractivity contribution is 6.02. The quantitative estimate of drug-likeness (QED) is 0.406. The molecule has 10 nitrogen and oxygen atoms in total. The van der Waals surface area contributed by atoms with Crippen LogP contribution in [0, 0.1) is 0 Å². The molecule has 10 heteroatoms. The van der Waals surface area contributed by atoms with Gasteiger partial charge in [0.25, 0.3) is 11.5 Å². The smallest absolute Gasteiger partial charge is 0.305 e. The van der Waals surface area contributed by atoms with Crippen molar-refractivity contribution in [3.05, 3.63) is 70.0 Å². The molecule has 0 aliphatic heterocycles. The Kier molecular flexibility index (Phi) is 5.54. The lowest BCUT2D eigenvalue weighted by Gasteiger charge is -2.15. The zero-order chi connectivity index (χ0) is 22.0. The van der Waals surface area contributed by atoms with E-state index in [4.69, 9.17) is 4.42 Å². The van der Waals surface area contributed by atoms with Crippen LogP contribution in [0.3, 0.4) is 0 Å². The van der Waals surface area contributed by atoms with E-state index in [0.717, 1.165) is 13.1 Å². The molecule has 160 valence electrons. The number of benzene rings is 1. The highest BCUT2D eigenvalue weighted by Gasteiger charge is 2.18. The Morgan fingerprint density at radius 3 is 2.61 bits per heavy atom. The van der Waals surface area contributed by atoms with Crippen molar-refractivity contribution in [1.29, 1.82) is 0 Å². The van der Waals surface area contributed by atoms with Crippen LogP contribution in [0.1, 0.15) is 40.5 Å². The number of carbonyl (C=O) groups excluding carboxylic acids is 2. The molecule has 31 heavy (non-hydrogen) atoms. The van der Waals surface area contributed by atoms with Crippen LogP contribution in [0.25, 0.3) is 16.6 Å². The van der Waals surface area contributed by atoms with Crippen molar-refractivity contribution >= 4 is 28.4 Å². The van der Waals surface area contributed by atoms with Gasteiger partial charge in [0.05, 0.1) is 23.6 Å². The third-order valence-electron chi connectivity index (χ3n) is 5.07. The van der Waals surface area contributed by atoms with E-state index in [0.29, 0.717) is 23.2 Å². The third kappa shape index (κ3) is 3.92. The van der Waals surface area contributed by atoms with Crippen molar-refractivity contribution < 1.29 is 14.0 Å². The van der Waals surface area contributed by atoms with Crippen molar-refractivity contribution in [2.24, 2.45) is 0 Å². The van der Waals surface area contributed by atoms with Crippen molar-refractivity contribution in [3.8, 4) is 0 Å². The molecule has 3 aromatic heterocycles. The van der Waals surface area contributed by atoms with Crippen LogP contribution in [-0.4, -0.2) is 44.4 Å². The van der Waals surface area contributed by atoms with Crippen molar-refractivity contribution in [1.82, 2.24) is 30.3 Å². The second kappa shape index (κ2) is 8.44. The Morgan fingerprint density at radius 2 is 1.84 bits per heavy atom. The lowest BCUT2D eigenvalue weighted by molar-refractivity contribution is 0.0829. The molecule has 1 aromatic carbocycles. The molecule has 0 saturated heterocycles.